The van der Waals surface area contributed by atoms with Crippen molar-refractivity contribution in [1.29, 1.82) is 0 Å². The van der Waals surface area contributed by atoms with Gasteiger partial charge in [0.2, 0.25) is 0 Å². The van der Waals surface area contributed by atoms with Gasteiger partial charge in [-0.25, -0.2) is 4.79 Å². The Morgan fingerprint density at radius 2 is 1.95 bits per heavy atom. The van der Waals surface area contributed by atoms with Gasteiger partial charge >= 0.3 is 6.03 Å². The van der Waals surface area contributed by atoms with Crippen molar-refractivity contribution >= 4 is 17.6 Å². The zero-order valence-corrected chi connectivity index (χ0v) is 13.4. The highest BCUT2D eigenvalue weighted by Gasteiger charge is 2.21. The van der Waals surface area contributed by atoms with Crippen LogP contribution in [-0.4, -0.2) is 36.9 Å². The van der Waals surface area contributed by atoms with Crippen LogP contribution >= 0.6 is 11.6 Å². The number of carbonyl (C=O) groups is 1. The van der Waals surface area contributed by atoms with E-state index in [9.17, 15) is 4.79 Å². The first-order valence-corrected chi connectivity index (χ1v) is 7.35. The summed E-state index contributed by atoms with van der Waals surface area (Å²) in [5.74, 6) is 0. The van der Waals surface area contributed by atoms with Crippen LogP contribution in [0.15, 0.2) is 24.3 Å². The molecule has 1 rings (SSSR count). The van der Waals surface area contributed by atoms with Gasteiger partial charge in [-0.2, -0.15) is 0 Å². The second-order valence-corrected chi connectivity index (χ2v) is 5.34. The van der Waals surface area contributed by atoms with Gasteiger partial charge in [0.25, 0.3) is 0 Å². The van der Waals surface area contributed by atoms with E-state index in [-0.39, 0.29) is 30.8 Å². The number of hydrogen-bond acceptors (Lipinski definition) is 3. The van der Waals surface area contributed by atoms with Crippen molar-refractivity contribution in [2.24, 2.45) is 0 Å². The summed E-state index contributed by atoms with van der Waals surface area (Å²) < 4.78 is 5.46. The lowest BCUT2D eigenvalue weighted by molar-refractivity contribution is 0.0758. The molecule has 6 heteroatoms. The molecule has 0 aliphatic heterocycles. The molecule has 0 saturated carbocycles. The number of amides is 2. The summed E-state index contributed by atoms with van der Waals surface area (Å²) in [5.41, 5.74) is 0.934. The first-order valence-electron chi connectivity index (χ1n) is 6.97. The van der Waals surface area contributed by atoms with E-state index in [1.807, 2.05) is 26.0 Å². The van der Waals surface area contributed by atoms with E-state index >= 15 is 0 Å². The normalized spacial score (nSPS) is 15.1. The van der Waals surface area contributed by atoms with Crippen LogP contribution in [0.2, 0.25) is 5.02 Å². The summed E-state index contributed by atoms with van der Waals surface area (Å²) in [5, 5.41) is 15.3. The summed E-state index contributed by atoms with van der Waals surface area (Å²) in [7, 11) is 1.60. The van der Waals surface area contributed by atoms with Crippen molar-refractivity contribution in [2.75, 3.05) is 13.7 Å². The van der Waals surface area contributed by atoms with Crippen LogP contribution in [0.4, 0.5) is 4.79 Å². The van der Waals surface area contributed by atoms with E-state index in [1.165, 1.54) is 0 Å². The smallest absolute Gasteiger partial charge is 0.315 e. The summed E-state index contributed by atoms with van der Waals surface area (Å²) in [6, 6.07) is 6.52. The minimum absolute atomic E-state index is 0.0802. The first kappa shape index (κ1) is 17.8. The molecule has 0 radical (unpaired) electrons. The van der Waals surface area contributed by atoms with Crippen molar-refractivity contribution in [3.63, 3.8) is 0 Å². The molecule has 3 atom stereocenters. The molecule has 3 unspecified atom stereocenters. The Hall–Kier alpha value is -1.30. The summed E-state index contributed by atoms with van der Waals surface area (Å²) >= 11 is 5.87. The summed E-state index contributed by atoms with van der Waals surface area (Å²) in [6.45, 7) is 3.68. The van der Waals surface area contributed by atoms with E-state index in [4.69, 9.17) is 21.4 Å². The van der Waals surface area contributed by atoms with Crippen LogP contribution in [0.25, 0.3) is 0 Å². The van der Waals surface area contributed by atoms with E-state index in [0.717, 1.165) is 5.56 Å². The Labute approximate surface area is 130 Å². The van der Waals surface area contributed by atoms with E-state index < -0.39 is 0 Å². The zero-order valence-electron chi connectivity index (χ0n) is 12.6. The molecule has 0 aliphatic rings. The SMILES string of the molecule is CCC(CO)NC(=O)NC(C)C(OC)c1ccc(Cl)cc1. The van der Waals surface area contributed by atoms with Gasteiger partial charge in [0, 0.05) is 12.1 Å². The molecule has 0 heterocycles. The van der Waals surface area contributed by atoms with Crippen LogP contribution in [0.3, 0.4) is 0 Å². The Balaban J connectivity index is 2.64. The molecule has 118 valence electrons. The van der Waals surface area contributed by atoms with E-state index in [0.29, 0.717) is 11.4 Å². The lowest BCUT2D eigenvalue weighted by Gasteiger charge is -2.25. The lowest BCUT2D eigenvalue weighted by atomic mass is 10.0. The molecular weight excluding hydrogens is 292 g/mol. The quantitative estimate of drug-likeness (QED) is 0.724. The molecule has 0 aliphatic carbocycles. The summed E-state index contributed by atoms with van der Waals surface area (Å²) in [6.07, 6.45) is 0.394. The molecule has 21 heavy (non-hydrogen) atoms. The number of nitrogens with one attached hydrogen (secondary N) is 2. The van der Waals surface area contributed by atoms with Crippen LogP contribution in [0, 0.1) is 0 Å². The van der Waals surface area contributed by atoms with Crippen molar-refractivity contribution in [1.82, 2.24) is 10.6 Å². The van der Waals surface area contributed by atoms with Crippen LogP contribution in [-0.2, 0) is 4.74 Å². The number of urea groups is 1. The predicted octanol–water partition coefficient (Wildman–Crippen LogP) is 2.49. The molecule has 1 aromatic carbocycles. The minimum atomic E-state index is -0.320. The lowest BCUT2D eigenvalue weighted by Crippen LogP contribution is -2.48. The van der Waals surface area contributed by atoms with Gasteiger partial charge in [-0.15, -0.1) is 0 Å². The third-order valence-corrected chi connectivity index (χ3v) is 3.57. The predicted molar refractivity (Wildman–Crippen MR) is 83.5 cm³/mol. The average Bonchev–Trinajstić information content (AvgIpc) is 2.47. The van der Waals surface area contributed by atoms with Gasteiger partial charge in [-0.3, -0.25) is 0 Å². The monoisotopic (exact) mass is 314 g/mol. The van der Waals surface area contributed by atoms with Crippen molar-refractivity contribution in [3.8, 4) is 0 Å². The van der Waals surface area contributed by atoms with Crippen molar-refractivity contribution in [3.05, 3.63) is 34.9 Å². The topological polar surface area (TPSA) is 70.6 Å². The Morgan fingerprint density at radius 1 is 1.33 bits per heavy atom. The highest BCUT2D eigenvalue weighted by molar-refractivity contribution is 6.30. The number of hydrogen-bond donors (Lipinski definition) is 3. The van der Waals surface area contributed by atoms with Gasteiger partial charge in [0.05, 0.1) is 18.7 Å². The molecule has 2 amide bonds. The first-order chi connectivity index (χ1) is 10.0. The fraction of sp³-hybridized carbons (Fsp3) is 0.533. The average molecular weight is 315 g/mol. The maximum Gasteiger partial charge on any atom is 0.315 e. The summed E-state index contributed by atoms with van der Waals surface area (Å²) in [4.78, 5) is 11.9. The fourth-order valence-corrected chi connectivity index (χ4v) is 2.19. The number of aliphatic hydroxyl groups excluding tert-OH is 1. The molecule has 0 spiro atoms. The molecule has 0 bridgehead atoms. The zero-order chi connectivity index (χ0) is 15.8. The van der Waals surface area contributed by atoms with Crippen LogP contribution in [0.1, 0.15) is 31.9 Å². The Kier molecular flexibility index (Phi) is 7.50. The van der Waals surface area contributed by atoms with Gasteiger partial charge in [0.15, 0.2) is 0 Å². The van der Waals surface area contributed by atoms with Gasteiger partial charge < -0.3 is 20.5 Å². The van der Waals surface area contributed by atoms with Crippen molar-refractivity contribution < 1.29 is 14.6 Å². The van der Waals surface area contributed by atoms with Gasteiger partial charge in [0.1, 0.15) is 6.10 Å². The number of carbonyl (C=O) groups excluding carboxylic acids is 1. The third-order valence-electron chi connectivity index (χ3n) is 3.31. The Bertz CT molecular complexity index is 435. The highest BCUT2D eigenvalue weighted by Crippen LogP contribution is 2.22. The standard InChI is InChI=1S/C15H23ClN2O3/c1-4-13(9-19)18-15(20)17-10(2)14(21-3)11-5-7-12(16)8-6-11/h5-8,10,13-14,19H,4,9H2,1-3H3,(H2,17,18,20). The van der Waals surface area contributed by atoms with Gasteiger partial charge in [-0.05, 0) is 31.0 Å². The van der Waals surface area contributed by atoms with Gasteiger partial charge in [-0.1, -0.05) is 30.7 Å². The second-order valence-electron chi connectivity index (χ2n) is 4.90. The molecule has 1 aromatic rings. The number of rotatable bonds is 7. The third kappa shape index (κ3) is 5.53. The van der Waals surface area contributed by atoms with Crippen LogP contribution in [0.5, 0.6) is 0 Å². The molecule has 3 N–H and O–H groups in total. The maximum absolute atomic E-state index is 11.9. The molecule has 0 saturated heterocycles. The van der Waals surface area contributed by atoms with Crippen molar-refractivity contribution in [2.45, 2.75) is 38.5 Å². The Morgan fingerprint density at radius 3 is 2.43 bits per heavy atom. The molecule has 0 fully saturated rings. The van der Waals surface area contributed by atoms with Crippen LogP contribution < -0.4 is 10.6 Å². The number of benzene rings is 1. The largest absolute Gasteiger partial charge is 0.394 e. The number of methoxy groups -OCH3 is 1. The minimum Gasteiger partial charge on any atom is -0.394 e. The number of halogens is 1. The number of aliphatic hydroxyl groups is 1. The maximum atomic E-state index is 11.9. The molecule has 0 aromatic heterocycles. The molecular formula is C15H23ClN2O3. The van der Waals surface area contributed by atoms with E-state index in [1.54, 1.807) is 19.2 Å². The second kappa shape index (κ2) is 8.87. The molecule has 5 nitrogen and oxygen atoms in total. The fourth-order valence-electron chi connectivity index (χ4n) is 2.07. The highest BCUT2D eigenvalue weighted by atomic mass is 35.5. The van der Waals surface area contributed by atoms with E-state index in [2.05, 4.69) is 10.6 Å². The number of ether oxygens (including phenoxy) is 1.